The van der Waals surface area contributed by atoms with E-state index in [0.29, 0.717) is 38.5 Å². The Morgan fingerprint density at radius 1 is 1.15 bits per heavy atom. The van der Waals surface area contributed by atoms with E-state index in [1.807, 2.05) is 27.7 Å². The lowest BCUT2D eigenvalue weighted by molar-refractivity contribution is -0.335. The predicted molar refractivity (Wildman–Crippen MR) is 148 cm³/mol. The molecule has 4 aliphatic carbocycles. The van der Waals surface area contributed by atoms with Crippen LogP contribution in [0.1, 0.15) is 80.1 Å². The molecule has 1 aliphatic heterocycles. The Bertz CT molecular complexity index is 1210. The second-order valence-electron chi connectivity index (χ2n) is 14.4. The number of rotatable bonds is 3. The van der Waals surface area contributed by atoms with Gasteiger partial charge >= 0.3 is 17.9 Å². The number of hydrogen-bond donors (Lipinski definition) is 3. The van der Waals surface area contributed by atoms with E-state index in [-0.39, 0.29) is 6.61 Å². The molecule has 0 spiro atoms. The molecule has 11 atom stereocenters. The first kappa shape index (κ1) is 30.2. The number of esters is 3. The third kappa shape index (κ3) is 3.54. The molecule has 9 nitrogen and oxygen atoms in total. The van der Waals surface area contributed by atoms with Gasteiger partial charge in [-0.25, -0.2) is 4.79 Å². The smallest absolute Gasteiger partial charge is 0.330 e. The van der Waals surface area contributed by atoms with Crippen LogP contribution in [0.5, 0.6) is 0 Å². The van der Waals surface area contributed by atoms with Crippen LogP contribution >= 0.6 is 0 Å². The first-order valence-electron chi connectivity index (χ1n) is 14.9. The van der Waals surface area contributed by atoms with Gasteiger partial charge in [-0.05, 0) is 69.1 Å². The lowest BCUT2D eigenvalue weighted by Crippen LogP contribution is -2.80. The Labute approximate surface area is 242 Å². The van der Waals surface area contributed by atoms with Gasteiger partial charge in [0.05, 0.1) is 30.3 Å². The van der Waals surface area contributed by atoms with Crippen molar-refractivity contribution in [3.05, 3.63) is 23.8 Å². The van der Waals surface area contributed by atoms with E-state index in [2.05, 4.69) is 6.08 Å². The molecular formula is C32H46O9. The van der Waals surface area contributed by atoms with Crippen LogP contribution in [0.2, 0.25) is 0 Å². The highest BCUT2D eigenvalue weighted by Gasteiger charge is 2.82. The standard InChI is InChI=1S/C32H46O9/c1-18-10-11-27(4)12-14-29(6)24-23(36)25(41-20(3)34)30(19(2)33)17-40-22(35)9-8-21(30)28(24,5)13-15-31(29,26(37)39-7)32(27,38)16-18/h8-10,19,21,23-25,33,36,38H,11-17H2,1-7H3/t19?,21?,23-,24?,25-,27+,28-,29+,30+,31-,32-/m0/s1. The molecule has 0 saturated heterocycles. The summed E-state index contributed by atoms with van der Waals surface area (Å²) in [5.74, 6) is -2.93. The number of methoxy groups -OCH3 is 1. The Morgan fingerprint density at radius 3 is 2.44 bits per heavy atom. The van der Waals surface area contributed by atoms with Gasteiger partial charge in [0.1, 0.15) is 18.1 Å². The van der Waals surface area contributed by atoms with Crippen molar-refractivity contribution in [1.29, 1.82) is 0 Å². The molecule has 5 rings (SSSR count). The molecule has 5 aliphatic rings. The summed E-state index contributed by atoms with van der Waals surface area (Å²) in [7, 11) is 1.35. The molecule has 228 valence electrons. The molecule has 3 fully saturated rings. The number of fused-ring (bicyclic) bond motifs is 7. The van der Waals surface area contributed by atoms with Gasteiger partial charge in [0, 0.05) is 24.3 Å². The maximum atomic E-state index is 14.2. The van der Waals surface area contributed by atoms with E-state index in [9.17, 15) is 29.7 Å². The Kier molecular flexibility index (Phi) is 6.92. The summed E-state index contributed by atoms with van der Waals surface area (Å²) in [6, 6.07) is 0. The minimum atomic E-state index is -1.45. The van der Waals surface area contributed by atoms with Gasteiger partial charge < -0.3 is 29.5 Å². The average molecular weight is 575 g/mol. The molecule has 41 heavy (non-hydrogen) atoms. The van der Waals surface area contributed by atoms with Crippen molar-refractivity contribution in [2.75, 3.05) is 13.7 Å². The van der Waals surface area contributed by atoms with Crippen molar-refractivity contribution in [2.24, 2.45) is 38.9 Å². The Balaban J connectivity index is 1.79. The molecule has 3 saturated carbocycles. The van der Waals surface area contributed by atoms with E-state index in [1.165, 1.54) is 20.1 Å². The summed E-state index contributed by atoms with van der Waals surface area (Å²) in [5.41, 5.74) is -5.49. The molecule has 0 radical (unpaired) electrons. The lowest BCUT2D eigenvalue weighted by Gasteiger charge is -2.75. The van der Waals surface area contributed by atoms with E-state index in [0.717, 1.165) is 5.57 Å². The predicted octanol–water partition coefficient (Wildman–Crippen LogP) is 3.24. The van der Waals surface area contributed by atoms with Gasteiger partial charge in [-0.1, -0.05) is 38.5 Å². The Morgan fingerprint density at radius 2 is 1.83 bits per heavy atom. The fraction of sp³-hybridized carbons (Fsp3) is 0.781. The molecule has 3 N–H and O–H groups in total. The third-order valence-electron chi connectivity index (χ3n) is 12.7. The van der Waals surface area contributed by atoms with Crippen LogP contribution in [-0.2, 0) is 28.6 Å². The second kappa shape index (κ2) is 9.38. The van der Waals surface area contributed by atoms with Gasteiger partial charge in [-0.2, -0.15) is 0 Å². The fourth-order valence-electron chi connectivity index (χ4n) is 10.8. The molecule has 0 aromatic heterocycles. The summed E-state index contributed by atoms with van der Waals surface area (Å²) in [6.07, 6.45) is 4.30. The highest BCUT2D eigenvalue weighted by molar-refractivity contribution is 5.83. The van der Waals surface area contributed by atoms with Crippen LogP contribution in [0, 0.1) is 38.9 Å². The van der Waals surface area contributed by atoms with E-state index < -0.39 is 80.7 Å². The second-order valence-corrected chi connectivity index (χ2v) is 14.4. The van der Waals surface area contributed by atoms with Gasteiger partial charge in [-0.3, -0.25) is 9.59 Å². The fourth-order valence-corrected chi connectivity index (χ4v) is 10.8. The van der Waals surface area contributed by atoms with Crippen LogP contribution < -0.4 is 0 Å². The van der Waals surface area contributed by atoms with Crippen LogP contribution in [0.3, 0.4) is 0 Å². The SMILES string of the molecule is COC(=O)[C@@]12CC[C@@]3(C)C4C=CC(=O)OC[C@]4(C(C)O)[C@@H](OC(C)=O)[C@@H](O)C3[C@@]1(C)CC[C@@]1(C)CC=C(C)C[C@]12O. The molecule has 0 aromatic rings. The van der Waals surface area contributed by atoms with Crippen molar-refractivity contribution in [3.8, 4) is 0 Å². The van der Waals surface area contributed by atoms with Gasteiger partial charge in [0.15, 0.2) is 0 Å². The topological polar surface area (TPSA) is 140 Å². The number of carbonyl (C=O) groups excluding carboxylic acids is 3. The van der Waals surface area contributed by atoms with Crippen molar-refractivity contribution >= 4 is 17.9 Å². The first-order chi connectivity index (χ1) is 19.0. The van der Waals surface area contributed by atoms with E-state index in [4.69, 9.17) is 14.2 Å². The largest absolute Gasteiger partial charge is 0.468 e. The highest BCUT2D eigenvalue weighted by atomic mass is 16.6. The summed E-state index contributed by atoms with van der Waals surface area (Å²) < 4.78 is 16.9. The molecule has 1 heterocycles. The number of hydrogen-bond acceptors (Lipinski definition) is 9. The molecule has 0 aromatic carbocycles. The van der Waals surface area contributed by atoms with E-state index in [1.54, 1.807) is 13.0 Å². The third-order valence-corrected chi connectivity index (χ3v) is 12.7. The maximum absolute atomic E-state index is 14.2. The minimum Gasteiger partial charge on any atom is -0.468 e. The number of cyclic esters (lactones) is 1. The average Bonchev–Trinajstić information content (AvgIpc) is 3.07. The molecule has 3 unspecified atom stereocenters. The van der Waals surface area contributed by atoms with Crippen LogP contribution in [-0.4, -0.2) is 70.9 Å². The van der Waals surface area contributed by atoms with Crippen molar-refractivity contribution in [3.63, 3.8) is 0 Å². The number of carbonyl (C=O) groups is 3. The Hall–Kier alpha value is -2.23. The first-order valence-corrected chi connectivity index (χ1v) is 14.9. The summed E-state index contributed by atoms with van der Waals surface area (Å²) >= 11 is 0. The monoisotopic (exact) mass is 574 g/mol. The normalized spacial score (nSPS) is 49.5. The zero-order chi connectivity index (χ0) is 30.4. The minimum absolute atomic E-state index is 0.247. The lowest BCUT2D eigenvalue weighted by atomic mass is 9.29. The number of ether oxygens (including phenoxy) is 3. The quantitative estimate of drug-likeness (QED) is 0.263. The number of allylic oxidation sites excluding steroid dienone is 2. The molecule has 0 amide bonds. The van der Waals surface area contributed by atoms with Gasteiger partial charge in [0.2, 0.25) is 0 Å². The zero-order valence-corrected chi connectivity index (χ0v) is 25.4. The van der Waals surface area contributed by atoms with Gasteiger partial charge in [0.25, 0.3) is 0 Å². The van der Waals surface area contributed by atoms with Crippen molar-refractivity contribution < 1.29 is 43.9 Å². The summed E-state index contributed by atoms with van der Waals surface area (Å²) in [4.78, 5) is 39.3. The van der Waals surface area contributed by atoms with Crippen molar-refractivity contribution in [1.82, 2.24) is 0 Å². The van der Waals surface area contributed by atoms with Crippen molar-refractivity contribution in [2.45, 2.75) is 104 Å². The highest BCUT2D eigenvalue weighted by Crippen LogP contribution is 2.78. The van der Waals surface area contributed by atoms with Crippen LogP contribution in [0.15, 0.2) is 23.8 Å². The molecule has 9 heteroatoms. The zero-order valence-electron chi connectivity index (χ0n) is 25.4. The maximum Gasteiger partial charge on any atom is 0.330 e. The summed E-state index contributed by atoms with van der Waals surface area (Å²) in [6.45, 7) is 10.6. The molecular weight excluding hydrogens is 528 g/mol. The van der Waals surface area contributed by atoms with Gasteiger partial charge in [-0.15, -0.1) is 0 Å². The number of aliphatic hydroxyl groups excluding tert-OH is 2. The van der Waals surface area contributed by atoms with E-state index >= 15 is 0 Å². The van der Waals surface area contributed by atoms with Crippen LogP contribution in [0.4, 0.5) is 0 Å². The number of aliphatic hydroxyl groups is 3. The summed E-state index contributed by atoms with van der Waals surface area (Å²) in [5, 5.41) is 36.8. The molecule has 0 bridgehead atoms. The van der Waals surface area contributed by atoms with Crippen LogP contribution in [0.25, 0.3) is 0 Å².